The quantitative estimate of drug-likeness (QED) is 0.633. The molecule has 6 heteroatoms. The number of amides is 1. The molecular formula is C13H20N4O2. The number of rotatable bonds is 4. The van der Waals surface area contributed by atoms with Crippen molar-refractivity contribution in [2.45, 2.75) is 32.4 Å². The van der Waals surface area contributed by atoms with Crippen LogP contribution in [0.25, 0.3) is 0 Å². The summed E-state index contributed by atoms with van der Waals surface area (Å²) in [5, 5.41) is 12.3. The number of pyridine rings is 1. The van der Waals surface area contributed by atoms with Crippen molar-refractivity contribution >= 4 is 5.91 Å². The lowest BCUT2D eigenvalue weighted by Crippen LogP contribution is -2.31. The van der Waals surface area contributed by atoms with Gasteiger partial charge in [-0.25, -0.2) is 4.98 Å². The van der Waals surface area contributed by atoms with Gasteiger partial charge in [-0.1, -0.05) is 0 Å². The Morgan fingerprint density at radius 3 is 2.74 bits per heavy atom. The van der Waals surface area contributed by atoms with Crippen molar-refractivity contribution in [3.8, 4) is 5.75 Å². The average Bonchev–Trinajstić information content (AvgIpc) is 2.70. The van der Waals surface area contributed by atoms with E-state index < -0.39 is 0 Å². The molecule has 0 aromatic carbocycles. The number of aromatic nitrogens is 1. The number of nitrogens with one attached hydrogen (secondary N) is 3. The van der Waals surface area contributed by atoms with Gasteiger partial charge < -0.3 is 10.4 Å². The van der Waals surface area contributed by atoms with Gasteiger partial charge in [0.25, 0.3) is 5.91 Å². The fourth-order valence-corrected chi connectivity index (χ4v) is 2.42. The van der Waals surface area contributed by atoms with Crippen molar-refractivity contribution < 1.29 is 9.90 Å². The minimum absolute atomic E-state index is 0.0752. The molecule has 4 N–H and O–H groups in total. The van der Waals surface area contributed by atoms with Gasteiger partial charge in [-0.2, -0.15) is 0 Å². The van der Waals surface area contributed by atoms with Crippen molar-refractivity contribution in [1.29, 1.82) is 0 Å². The zero-order valence-corrected chi connectivity index (χ0v) is 11.2. The number of hydrogen-bond donors (Lipinski definition) is 4. The standard InChI is InChI=1S/C13H20N4O2/c1-8-10(9(2)17-16-8)5-7-15-13(19)12-11(18)4-3-6-14-12/h3-4,6,8-10,16-18H,5,7H2,1-2H3,(H,15,19). The number of aromatic hydroxyl groups is 1. The molecule has 0 bridgehead atoms. The second-order valence-electron chi connectivity index (χ2n) is 4.95. The van der Waals surface area contributed by atoms with Gasteiger partial charge in [0.2, 0.25) is 0 Å². The predicted molar refractivity (Wildman–Crippen MR) is 71.5 cm³/mol. The average molecular weight is 264 g/mol. The molecule has 2 atom stereocenters. The summed E-state index contributed by atoms with van der Waals surface area (Å²) in [5.74, 6) is 0.0425. The molecule has 104 valence electrons. The summed E-state index contributed by atoms with van der Waals surface area (Å²) in [5.41, 5.74) is 6.44. The van der Waals surface area contributed by atoms with E-state index in [-0.39, 0.29) is 17.4 Å². The van der Waals surface area contributed by atoms with E-state index in [1.807, 2.05) is 0 Å². The summed E-state index contributed by atoms with van der Waals surface area (Å²) >= 11 is 0. The van der Waals surface area contributed by atoms with Gasteiger partial charge >= 0.3 is 0 Å². The maximum Gasteiger partial charge on any atom is 0.273 e. The molecule has 1 aliphatic rings. The fourth-order valence-electron chi connectivity index (χ4n) is 2.42. The van der Waals surface area contributed by atoms with Crippen LogP contribution in [-0.4, -0.2) is 34.6 Å². The summed E-state index contributed by atoms with van der Waals surface area (Å²) in [7, 11) is 0. The van der Waals surface area contributed by atoms with E-state index in [9.17, 15) is 9.90 Å². The normalized spacial score (nSPS) is 26.3. The molecule has 2 rings (SSSR count). The van der Waals surface area contributed by atoms with Crippen molar-refractivity contribution in [3.63, 3.8) is 0 Å². The Hall–Kier alpha value is -1.66. The highest BCUT2D eigenvalue weighted by atomic mass is 16.3. The molecule has 0 aliphatic carbocycles. The lowest BCUT2D eigenvalue weighted by atomic mass is 9.93. The topological polar surface area (TPSA) is 86.3 Å². The van der Waals surface area contributed by atoms with E-state index in [4.69, 9.17) is 0 Å². The first kappa shape index (κ1) is 13.8. The second-order valence-corrected chi connectivity index (χ2v) is 4.95. The van der Waals surface area contributed by atoms with Gasteiger partial charge in [-0.05, 0) is 38.3 Å². The molecule has 1 saturated heterocycles. The van der Waals surface area contributed by atoms with Crippen LogP contribution in [0.2, 0.25) is 0 Å². The lowest BCUT2D eigenvalue weighted by Gasteiger charge is -2.17. The van der Waals surface area contributed by atoms with Crippen LogP contribution in [-0.2, 0) is 0 Å². The molecule has 0 saturated carbocycles. The Labute approximate surface area is 112 Å². The summed E-state index contributed by atoms with van der Waals surface area (Å²) in [6, 6.07) is 3.81. The summed E-state index contributed by atoms with van der Waals surface area (Å²) in [4.78, 5) is 15.7. The summed E-state index contributed by atoms with van der Waals surface area (Å²) < 4.78 is 0. The van der Waals surface area contributed by atoms with Crippen molar-refractivity contribution in [2.75, 3.05) is 6.54 Å². The molecule has 1 aromatic rings. The first-order valence-corrected chi connectivity index (χ1v) is 6.53. The molecule has 6 nitrogen and oxygen atoms in total. The fraction of sp³-hybridized carbons (Fsp3) is 0.538. The van der Waals surface area contributed by atoms with E-state index in [1.54, 1.807) is 6.07 Å². The van der Waals surface area contributed by atoms with Crippen LogP contribution < -0.4 is 16.2 Å². The zero-order chi connectivity index (χ0) is 13.8. The van der Waals surface area contributed by atoms with Crippen LogP contribution in [0.1, 0.15) is 30.8 Å². The van der Waals surface area contributed by atoms with Crippen LogP contribution in [0.3, 0.4) is 0 Å². The number of carbonyl (C=O) groups excluding carboxylic acids is 1. The van der Waals surface area contributed by atoms with Crippen LogP contribution in [0.5, 0.6) is 5.75 Å². The predicted octanol–water partition coefficient (Wildman–Crippen LogP) is 0.408. The third kappa shape index (κ3) is 3.21. The Morgan fingerprint density at radius 1 is 1.42 bits per heavy atom. The molecule has 2 heterocycles. The van der Waals surface area contributed by atoms with E-state index in [0.29, 0.717) is 24.5 Å². The molecule has 1 aromatic heterocycles. The maximum absolute atomic E-state index is 11.8. The highest BCUT2D eigenvalue weighted by molar-refractivity contribution is 5.94. The first-order valence-electron chi connectivity index (χ1n) is 6.53. The molecule has 19 heavy (non-hydrogen) atoms. The highest BCUT2D eigenvalue weighted by Crippen LogP contribution is 2.18. The van der Waals surface area contributed by atoms with Crippen LogP contribution >= 0.6 is 0 Å². The Balaban J connectivity index is 1.83. The molecular weight excluding hydrogens is 244 g/mol. The van der Waals surface area contributed by atoms with Crippen LogP contribution in [0.4, 0.5) is 0 Å². The van der Waals surface area contributed by atoms with Gasteiger partial charge in [0.05, 0.1) is 0 Å². The van der Waals surface area contributed by atoms with E-state index in [2.05, 4.69) is 35.0 Å². The molecule has 2 unspecified atom stereocenters. The second kappa shape index (κ2) is 5.99. The maximum atomic E-state index is 11.8. The summed E-state index contributed by atoms with van der Waals surface area (Å²) in [6.07, 6.45) is 2.37. The number of hydrazine groups is 1. The van der Waals surface area contributed by atoms with E-state index in [1.165, 1.54) is 12.3 Å². The lowest BCUT2D eigenvalue weighted by molar-refractivity contribution is 0.0942. The minimum atomic E-state index is -0.336. The third-order valence-corrected chi connectivity index (χ3v) is 3.59. The Morgan fingerprint density at radius 2 is 2.11 bits per heavy atom. The van der Waals surface area contributed by atoms with Crippen LogP contribution in [0, 0.1) is 5.92 Å². The molecule has 1 aliphatic heterocycles. The van der Waals surface area contributed by atoms with Gasteiger partial charge in [-0.15, -0.1) is 0 Å². The molecule has 1 amide bonds. The number of carbonyl (C=O) groups is 1. The summed E-state index contributed by atoms with van der Waals surface area (Å²) in [6.45, 7) is 4.80. The molecule has 0 spiro atoms. The Kier molecular flexibility index (Phi) is 4.34. The van der Waals surface area contributed by atoms with E-state index in [0.717, 1.165) is 6.42 Å². The van der Waals surface area contributed by atoms with Crippen molar-refractivity contribution in [1.82, 2.24) is 21.2 Å². The van der Waals surface area contributed by atoms with Crippen molar-refractivity contribution in [3.05, 3.63) is 24.0 Å². The van der Waals surface area contributed by atoms with Crippen LogP contribution in [0.15, 0.2) is 18.3 Å². The highest BCUT2D eigenvalue weighted by Gasteiger charge is 2.29. The van der Waals surface area contributed by atoms with Crippen molar-refractivity contribution in [2.24, 2.45) is 5.92 Å². The third-order valence-electron chi connectivity index (χ3n) is 3.59. The molecule has 0 radical (unpaired) electrons. The van der Waals surface area contributed by atoms with Gasteiger partial charge in [-0.3, -0.25) is 15.6 Å². The Bertz CT molecular complexity index is 442. The number of nitrogens with zero attached hydrogens (tertiary/aromatic N) is 1. The SMILES string of the molecule is CC1NNC(C)C1CCNC(=O)c1ncccc1O. The minimum Gasteiger partial charge on any atom is -0.505 e. The monoisotopic (exact) mass is 264 g/mol. The van der Waals surface area contributed by atoms with Gasteiger partial charge in [0, 0.05) is 24.8 Å². The number of hydrogen-bond acceptors (Lipinski definition) is 5. The van der Waals surface area contributed by atoms with Gasteiger partial charge in [0.1, 0.15) is 5.75 Å². The molecule has 1 fully saturated rings. The van der Waals surface area contributed by atoms with Gasteiger partial charge in [0.15, 0.2) is 5.69 Å². The largest absolute Gasteiger partial charge is 0.505 e. The smallest absolute Gasteiger partial charge is 0.273 e. The van der Waals surface area contributed by atoms with E-state index >= 15 is 0 Å². The zero-order valence-electron chi connectivity index (χ0n) is 11.2. The first-order chi connectivity index (χ1) is 9.09.